The molecule has 5 aromatic carbocycles. The van der Waals surface area contributed by atoms with Crippen LogP contribution in [0.25, 0.3) is 0 Å². The monoisotopic (exact) mass is 970 g/mol. The van der Waals surface area contributed by atoms with Crippen LogP contribution in [0.5, 0.6) is 0 Å². The van der Waals surface area contributed by atoms with Gasteiger partial charge in [0.05, 0.1) is 31.9 Å². The maximum atomic E-state index is 13.6. The number of benzene rings is 5. The van der Waals surface area contributed by atoms with Crippen molar-refractivity contribution in [2.45, 2.75) is 77.2 Å². The van der Waals surface area contributed by atoms with Crippen molar-refractivity contribution >= 4 is 116 Å². The van der Waals surface area contributed by atoms with Crippen molar-refractivity contribution in [3.05, 3.63) is 140 Å². The van der Waals surface area contributed by atoms with E-state index in [2.05, 4.69) is 41.7 Å². The molecule has 66 heavy (non-hydrogen) atoms. The number of Topliss-reactive ketones (excluding diaryl/α,β-unsaturated/α-hetero) is 2. The Morgan fingerprint density at radius 3 is 1.17 bits per heavy atom. The molecular formula is C48H46Cl4N8O6. The Morgan fingerprint density at radius 2 is 0.864 bits per heavy atom. The molecule has 18 heteroatoms. The van der Waals surface area contributed by atoms with Gasteiger partial charge in [0.15, 0.2) is 11.6 Å². The second-order valence-electron chi connectivity index (χ2n) is 14.9. The van der Waals surface area contributed by atoms with Crippen LogP contribution in [0, 0.1) is 0 Å². The summed E-state index contributed by atoms with van der Waals surface area (Å²) < 4.78 is 0. The van der Waals surface area contributed by atoms with Crippen LogP contribution in [0.4, 0.5) is 34.1 Å². The molecule has 5 rings (SSSR count). The highest BCUT2D eigenvalue weighted by Crippen LogP contribution is 2.33. The zero-order chi connectivity index (χ0) is 48.2. The smallest absolute Gasteiger partial charge is 0.258 e. The SMILES string of the molecule is CCc1c(NC(=O)C(N=Nc2cccc(C(=O)Nc3ccc(C(C)Cl)cc3)c2Cl)C(C)=O)ccc(NC(=O)C(N=Nc2cccc(C(=O)Nc3ccc(C(C)Cl)cc3)c2Cl)C(C)=O)c1CC. The Balaban J connectivity index is 1.29. The minimum atomic E-state index is -1.58. The predicted octanol–water partition coefficient (Wildman–Crippen LogP) is 12.6. The molecule has 5 aromatic rings. The van der Waals surface area contributed by atoms with E-state index in [-0.39, 0.29) is 43.3 Å². The second kappa shape index (κ2) is 23.2. The van der Waals surface area contributed by atoms with Crippen LogP contribution in [-0.2, 0) is 32.0 Å². The summed E-state index contributed by atoms with van der Waals surface area (Å²) in [5, 5.41) is 26.8. The Hall–Kier alpha value is -6.32. The molecule has 4 amide bonds. The number of nitrogens with zero attached hydrogens (tertiary/aromatic N) is 4. The lowest BCUT2D eigenvalue weighted by Crippen LogP contribution is -2.33. The summed E-state index contributed by atoms with van der Waals surface area (Å²) in [4.78, 5) is 79.0. The summed E-state index contributed by atoms with van der Waals surface area (Å²) >= 11 is 25.4. The first-order chi connectivity index (χ1) is 31.4. The molecule has 0 bridgehead atoms. The van der Waals surface area contributed by atoms with Crippen molar-refractivity contribution < 1.29 is 28.8 Å². The van der Waals surface area contributed by atoms with E-state index in [9.17, 15) is 28.8 Å². The van der Waals surface area contributed by atoms with E-state index in [1.807, 2.05) is 27.7 Å². The molecule has 0 aliphatic rings. The summed E-state index contributed by atoms with van der Waals surface area (Å²) in [7, 11) is 0. The quantitative estimate of drug-likeness (QED) is 0.0382. The maximum absolute atomic E-state index is 13.6. The van der Waals surface area contributed by atoms with E-state index < -0.39 is 47.3 Å². The first-order valence-electron chi connectivity index (χ1n) is 20.7. The van der Waals surface area contributed by atoms with E-state index in [1.165, 1.54) is 38.1 Å². The van der Waals surface area contributed by atoms with Gasteiger partial charge in [-0.2, -0.15) is 20.5 Å². The van der Waals surface area contributed by atoms with Gasteiger partial charge in [-0.25, -0.2) is 0 Å². The Kier molecular flexibility index (Phi) is 17.8. The predicted molar refractivity (Wildman–Crippen MR) is 261 cm³/mol. The van der Waals surface area contributed by atoms with Gasteiger partial charge < -0.3 is 21.3 Å². The number of halogens is 4. The molecule has 14 nitrogen and oxygen atoms in total. The Labute approximate surface area is 402 Å². The highest BCUT2D eigenvalue weighted by atomic mass is 35.5. The summed E-state index contributed by atoms with van der Waals surface area (Å²) in [6, 6.07) is 23.0. The zero-order valence-electron chi connectivity index (χ0n) is 36.7. The van der Waals surface area contributed by atoms with Gasteiger partial charge in [0.1, 0.15) is 11.4 Å². The van der Waals surface area contributed by atoms with Crippen LogP contribution in [0.2, 0.25) is 10.0 Å². The summed E-state index contributed by atoms with van der Waals surface area (Å²) in [5.74, 6) is -3.83. The third-order valence-electron chi connectivity index (χ3n) is 10.2. The number of carbonyl (C=O) groups is 6. The zero-order valence-corrected chi connectivity index (χ0v) is 39.7. The standard InChI is InChI=1S/C48H46Cl4N8O6/c1-7-33-34(8-2)38(56-48(66)44(28(6)62)60-58-40-14-10-12-36(42(40)52)46(64)54-32-21-17-30(18-22-32)26(4)50)24-23-37(33)55-47(65)43(27(5)61)59-57-39-13-9-11-35(41(39)51)45(63)53-31-19-15-29(16-20-31)25(3)49/h9-26,43-44H,7-8H2,1-6H3,(H,53,63)(H,54,64)(H,55,65)(H,56,66). The van der Waals surface area contributed by atoms with E-state index >= 15 is 0 Å². The molecule has 0 spiro atoms. The average molecular weight is 973 g/mol. The first-order valence-corrected chi connectivity index (χ1v) is 22.3. The van der Waals surface area contributed by atoms with Crippen LogP contribution in [0.15, 0.2) is 118 Å². The topological polar surface area (TPSA) is 200 Å². The van der Waals surface area contributed by atoms with Crippen LogP contribution in [-0.4, -0.2) is 47.3 Å². The van der Waals surface area contributed by atoms with Crippen LogP contribution >= 0.6 is 46.4 Å². The lowest BCUT2D eigenvalue weighted by Gasteiger charge is -2.20. The molecule has 4 N–H and O–H groups in total. The number of hydrogen-bond donors (Lipinski definition) is 4. The molecule has 0 radical (unpaired) electrons. The fourth-order valence-corrected chi connectivity index (χ4v) is 7.41. The van der Waals surface area contributed by atoms with E-state index in [0.29, 0.717) is 46.7 Å². The number of alkyl halides is 2. The third kappa shape index (κ3) is 12.7. The number of amides is 4. The number of carbonyl (C=O) groups excluding carboxylic acids is 6. The van der Waals surface area contributed by atoms with Crippen molar-refractivity contribution in [3.63, 3.8) is 0 Å². The Bertz CT molecular complexity index is 2520. The molecule has 0 aromatic heterocycles. The molecule has 342 valence electrons. The van der Waals surface area contributed by atoms with Crippen molar-refractivity contribution in [1.82, 2.24) is 0 Å². The van der Waals surface area contributed by atoms with Gasteiger partial charge in [0.25, 0.3) is 23.6 Å². The third-order valence-corrected chi connectivity index (χ3v) is 11.5. The minimum absolute atomic E-state index is 0.0435. The van der Waals surface area contributed by atoms with Crippen molar-refractivity contribution in [1.29, 1.82) is 0 Å². The molecule has 0 aliphatic heterocycles. The molecule has 0 aliphatic carbocycles. The number of nitrogens with one attached hydrogen (secondary N) is 4. The number of anilines is 4. The van der Waals surface area contributed by atoms with Gasteiger partial charge in [-0.1, -0.05) is 73.4 Å². The lowest BCUT2D eigenvalue weighted by atomic mass is 9.98. The molecule has 4 unspecified atom stereocenters. The fourth-order valence-electron chi connectivity index (χ4n) is 6.62. The molecule has 0 saturated carbocycles. The number of hydrogen-bond acceptors (Lipinski definition) is 10. The van der Waals surface area contributed by atoms with Crippen molar-refractivity contribution in [2.75, 3.05) is 21.3 Å². The maximum Gasteiger partial charge on any atom is 0.258 e. The van der Waals surface area contributed by atoms with E-state index in [4.69, 9.17) is 46.4 Å². The highest BCUT2D eigenvalue weighted by Gasteiger charge is 2.28. The van der Waals surface area contributed by atoms with Gasteiger partial charge in [-0.3, -0.25) is 28.8 Å². The van der Waals surface area contributed by atoms with Gasteiger partial charge >= 0.3 is 0 Å². The first kappa shape index (κ1) is 50.7. The molecular weight excluding hydrogens is 926 g/mol. The van der Waals surface area contributed by atoms with E-state index in [1.54, 1.807) is 72.8 Å². The summed E-state index contributed by atoms with van der Waals surface area (Å²) in [6.07, 6.45) is 0.788. The number of rotatable bonds is 18. The molecule has 0 saturated heterocycles. The number of ketones is 2. The number of azo groups is 2. The average Bonchev–Trinajstić information content (AvgIpc) is 3.27. The normalized spacial score (nSPS) is 13.1. The van der Waals surface area contributed by atoms with Crippen molar-refractivity contribution in [2.24, 2.45) is 20.5 Å². The molecule has 0 heterocycles. The van der Waals surface area contributed by atoms with Crippen molar-refractivity contribution in [3.8, 4) is 0 Å². The second-order valence-corrected chi connectivity index (χ2v) is 17.0. The highest BCUT2D eigenvalue weighted by molar-refractivity contribution is 6.37. The van der Waals surface area contributed by atoms with Crippen LogP contribution in [0.1, 0.15) is 95.3 Å². The lowest BCUT2D eigenvalue weighted by molar-refractivity contribution is -0.127. The van der Waals surface area contributed by atoms with Gasteiger partial charge in [0, 0.05) is 22.7 Å². The summed E-state index contributed by atoms with van der Waals surface area (Å²) in [6.45, 7) is 9.75. The Morgan fingerprint density at radius 1 is 0.515 bits per heavy atom. The molecule has 4 atom stereocenters. The van der Waals surface area contributed by atoms with Crippen LogP contribution in [0.3, 0.4) is 0 Å². The van der Waals surface area contributed by atoms with Gasteiger partial charge in [0.2, 0.25) is 12.1 Å². The minimum Gasteiger partial charge on any atom is -0.323 e. The van der Waals surface area contributed by atoms with Gasteiger partial charge in [-0.15, -0.1) is 23.2 Å². The fraction of sp³-hybridized carbons (Fsp3) is 0.250. The largest absolute Gasteiger partial charge is 0.323 e. The van der Waals surface area contributed by atoms with Crippen LogP contribution < -0.4 is 21.3 Å². The van der Waals surface area contributed by atoms with E-state index in [0.717, 1.165) is 11.1 Å². The molecule has 0 fully saturated rings. The summed E-state index contributed by atoms with van der Waals surface area (Å²) in [5.41, 5.74) is 5.09. The van der Waals surface area contributed by atoms with Gasteiger partial charge in [-0.05, 0) is 123 Å².